The van der Waals surface area contributed by atoms with Crippen LogP contribution in [0.3, 0.4) is 0 Å². The summed E-state index contributed by atoms with van der Waals surface area (Å²) in [6.07, 6.45) is 21.0. The van der Waals surface area contributed by atoms with Gasteiger partial charge in [-0.25, -0.2) is 0 Å². The van der Waals surface area contributed by atoms with Gasteiger partial charge in [0.2, 0.25) is 0 Å². The van der Waals surface area contributed by atoms with Crippen molar-refractivity contribution in [1.82, 2.24) is 0 Å². The number of hydrogen-bond acceptors (Lipinski definition) is 7. The lowest BCUT2D eigenvalue weighted by Gasteiger charge is -2.46. The Labute approximate surface area is 280 Å². The van der Waals surface area contributed by atoms with E-state index < -0.39 is 6.10 Å². The molecule has 0 spiro atoms. The Balaban J connectivity index is 0.813. The van der Waals surface area contributed by atoms with Crippen molar-refractivity contribution in [2.45, 2.75) is 173 Å². The van der Waals surface area contributed by atoms with Crippen LogP contribution in [0.15, 0.2) is 0 Å². The first kappa shape index (κ1) is 35.5. The minimum atomic E-state index is -0.531. The molecular formula is C39H68O7. The molecule has 2 saturated heterocycles. The topological polar surface area (TPSA) is 82.2 Å². The van der Waals surface area contributed by atoms with E-state index in [-0.39, 0.29) is 12.2 Å². The van der Waals surface area contributed by atoms with Crippen LogP contribution in [0.2, 0.25) is 0 Å². The molecule has 0 bridgehead atoms. The quantitative estimate of drug-likeness (QED) is 0.174. The van der Waals surface area contributed by atoms with Gasteiger partial charge < -0.3 is 33.5 Å². The molecule has 0 amide bonds. The van der Waals surface area contributed by atoms with E-state index in [1.54, 1.807) is 0 Å². The zero-order valence-corrected chi connectivity index (χ0v) is 29.8. The number of aliphatic hydroxyl groups excluding tert-OH is 1. The number of ether oxygens (including phenoxy) is 6. The third-order valence-corrected chi connectivity index (χ3v) is 13.8. The van der Waals surface area contributed by atoms with E-state index in [9.17, 15) is 5.11 Å². The molecule has 6 aliphatic rings. The van der Waals surface area contributed by atoms with E-state index >= 15 is 0 Å². The molecule has 6 rings (SSSR count). The minimum Gasteiger partial charge on any atom is -0.388 e. The smallest absolute Gasteiger partial charge is 0.104 e. The van der Waals surface area contributed by atoms with Crippen LogP contribution in [0, 0.1) is 34.5 Å². The van der Waals surface area contributed by atoms with Crippen LogP contribution in [0.1, 0.15) is 130 Å². The van der Waals surface area contributed by atoms with Gasteiger partial charge in [-0.05, 0) is 137 Å². The van der Waals surface area contributed by atoms with E-state index in [0.29, 0.717) is 48.5 Å². The van der Waals surface area contributed by atoms with Gasteiger partial charge in [-0.15, -0.1) is 0 Å². The van der Waals surface area contributed by atoms with Crippen LogP contribution >= 0.6 is 0 Å². The van der Waals surface area contributed by atoms with Crippen molar-refractivity contribution in [1.29, 1.82) is 0 Å². The lowest BCUT2D eigenvalue weighted by molar-refractivity contribution is -0.0879. The van der Waals surface area contributed by atoms with Crippen LogP contribution in [0.5, 0.6) is 0 Å². The van der Waals surface area contributed by atoms with Gasteiger partial charge in [0.25, 0.3) is 0 Å². The first-order chi connectivity index (χ1) is 22.2. The fourth-order valence-electron chi connectivity index (χ4n) is 9.92. The Morgan fingerprint density at radius 1 is 0.478 bits per heavy atom. The van der Waals surface area contributed by atoms with Crippen molar-refractivity contribution in [2.24, 2.45) is 34.5 Å². The van der Waals surface area contributed by atoms with Gasteiger partial charge in [0.1, 0.15) is 18.3 Å². The predicted molar refractivity (Wildman–Crippen MR) is 180 cm³/mol. The van der Waals surface area contributed by atoms with Crippen LogP contribution < -0.4 is 0 Å². The van der Waals surface area contributed by atoms with E-state index in [1.807, 2.05) is 0 Å². The fourth-order valence-corrected chi connectivity index (χ4v) is 9.92. The molecule has 4 aliphatic carbocycles. The summed E-state index contributed by atoms with van der Waals surface area (Å²) in [5.41, 5.74) is 0.744. The van der Waals surface area contributed by atoms with Crippen molar-refractivity contribution >= 4 is 0 Å². The molecule has 7 nitrogen and oxygen atoms in total. The maximum Gasteiger partial charge on any atom is 0.104 e. The Bertz CT molecular complexity index is 812. The van der Waals surface area contributed by atoms with Crippen LogP contribution in [-0.4, -0.2) is 87.5 Å². The molecule has 0 aromatic carbocycles. The van der Waals surface area contributed by atoms with Gasteiger partial charge in [-0.3, -0.25) is 0 Å². The van der Waals surface area contributed by atoms with Crippen LogP contribution in [0.4, 0.5) is 0 Å². The molecule has 2 heterocycles. The Hall–Kier alpha value is -0.280. The number of hydrogen-bond donors (Lipinski definition) is 1. The number of rotatable bonds is 16. The molecule has 2 unspecified atom stereocenters. The van der Waals surface area contributed by atoms with Crippen molar-refractivity contribution in [2.75, 3.05) is 39.6 Å². The van der Waals surface area contributed by atoms with E-state index in [1.165, 1.54) is 77.0 Å². The maximum absolute atomic E-state index is 10.7. The highest BCUT2D eigenvalue weighted by atomic mass is 16.6. The average Bonchev–Trinajstić information content (AvgIpc) is 4.01. The minimum absolute atomic E-state index is 0.280. The molecule has 7 heteroatoms. The van der Waals surface area contributed by atoms with Crippen molar-refractivity contribution in [3.63, 3.8) is 0 Å². The summed E-state index contributed by atoms with van der Waals surface area (Å²) in [4.78, 5) is 0. The monoisotopic (exact) mass is 648 g/mol. The molecule has 1 N–H and O–H groups in total. The largest absolute Gasteiger partial charge is 0.388 e. The molecule has 0 aromatic heterocycles. The number of epoxide rings is 2. The van der Waals surface area contributed by atoms with Gasteiger partial charge in [0, 0.05) is 0 Å². The first-order valence-corrected chi connectivity index (χ1v) is 19.5. The molecule has 4 saturated carbocycles. The third kappa shape index (κ3) is 9.91. The summed E-state index contributed by atoms with van der Waals surface area (Å²) in [6, 6.07) is 0. The van der Waals surface area contributed by atoms with Gasteiger partial charge in [0.15, 0.2) is 0 Å². The molecule has 266 valence electrons. The Morgan fingerprint density at radius 2 is 0.739 bits per heavy atom. The normalized spacial score (nSPS) is 39.6. The molecule has 2 atom stereocenters. The fraction of sp³-hybridized carbons (Fsp3) is 1.00. The summed E-state index contributed by atoms with van der Waals surface area (Å²) >= 11 is 0. The number of aliphatic hydroxyl groups is 1. The highest BCUT2D eigenvalue weighted by Crippen LogP contribution is 2.50. The van der Waals surface area contributed by atoms with Gasteiger partial charge >= 0.3 is 0 Å². The zero-order chi connectivity index (χ0) is 32.1. The molecular weight excluding hydrogens is 580 g/mol. The van der Waals surface area contributed by atoms with Gasteiger partial charge in [-0.1, -0.05) is 27.7 Å². The molecule has 2 aliphatic heterocycles. The molecule has 46 heavy (non-hydrogen) atoms. The van der Waals surface area contributed by atoms with Crippen LogP contribution in [0.25, 0.3) is 0 Å². The standard InChI is InChI=1S/C39H68O7/c1-38(2,29-9-17-34(18-10-29)43-23-36-25-45-36)27-5-13-32(14-6-27)41-21-31(40)22-42-33-15-7-28(8-16-33)39(3,4)30-11-19-35(20-12-30)44-24-37-26-46-37/h27-37,40H,5-26H2,1-4H3. The zero-order valence-electron chi connectivity index (χ0n) is 29.8. The summed E-state index contributed by atoms with van der Waals surface area (Å²) < 4.78 is 35.3. The first-order valence-electron chi connectivity index (χ1n) is 19.5. The SMILES string of the molecule is CC(C)(C1CCC(OCC(O)COC2CCC(C(C)(C)C3CCC(OCC4CO4)CC3)CC2)CC1)C1CCC(OCC2CO2)CC1. The predicted octanol–water partition coefficient (Wildman–Crippen LogP) is 7.50. The summed E-state index contributed by atoms with van der Waals surface area (Å²) in [5, 5.41) is 10.7. The summed E-state index contributed by atoms with van der Waals surface area (Å²) in [6.45, 7) is 14.2. The Morgan fingerprint density at radius 3 is 1.00 bits per heavy atom. The van der Waals surface area contributed by atoms with E-state index in [2.05, 4.69) is 27.7 Å². The second kappa shape index (κ2) is 16.2. The molecule has 6 fully saturated rings. The van der Waals surface area contributed by atoms with Crippen molar-refractivity contribution in [3.05, 3.63) is 0 Å². The van der Waals surface area contributed by atoms with Crippen molar-refractivity contribution < 1.29 is 33.5 Å². The molecule has 0 aromatic rings. The summed E-state index contributed by atoms with van der Waals surface area (Å²) in [7, 11) is 0. The Kier molecular flexibility index (Phi) is 12.5. The van der Waals surface area contributed by atoms with Gasteiger partial charge in [0.05, 0.1) is 64.1 Å². The second-order valence-corrected chi connectivity index (χ2v) is 17.4. The van der Waals surface area contributed by atoms with E-state index in [4.69, 9.17) is 28.4 Å². The van der Waals surface area contributed by atoms with E-state index in [0.717, 1.165) is 75.8 Å². The summed E-state index contributed by atoms with van der Waals surface area (Å²) in [5.74, 6) is 3.11. The van der Waals surface area contributed by atoms with Crippen LogP contribution in [-0.2, 0) is 28.4 Å². The highest BCUT2D eigenvalue weighted by Gasteiger charge is 2.42. The third-order valence-electron chi connectivity index (χ3n) is 13.8. The van der Waals surface area contributed by atoms with Crippen molar-refractivity contribution in [3.8, 4) is 0 Å². The molecule has 0 radical (unpaired) electrons. The highest BCUT2D eigenvalue weighted by molar-refractivity contribution is 4.93. The lowest BCUT2D eigenvalue weighted by Crippen LogP contribution is -2.40. The average molecular weight is 649 g/mol. The van der Waals surface area contributed by atoms with Gasteiger partial charge in [-0.2, -0.15) is 0 Å². The maximum atomic E-state index is 10.7. The second-order valence-electron chi connectivity index (χ2n) is 17.4. The lowest BCUT2D eigenvalue weighted by atomic mass is 9.60.